The molecule has 1 aliphatic rings. The van der Waals surface area contributed by atoms with Crippen molar-refractivity contribution in [2.24, 2.45) is 4.99 Å². The zero-order valence-electron chi connectivity index (χ0n) is 15.9. The van der Waals surface area contributed by atoms with Crippen molar-refractivity contribution in [3.63, 3.8) is 0 Å². The molecule has 1 aliphatic heterocycles. The predicted octanol–water partition coefficient (Wildman–Crippen LogP) is 4.99. The van der Waals surface area contributed by atoms with Gasteiger partial charge in [0.1, 0.15) is 18.4 Å². The molecule has 4 rings (SSSR count). The van der Waals surface area contributed by atoms with Gasteiger partial charge in [0.15, 0.2) is 11.5 Å². The lowest BCUT2D eigenvalue weighted by atomic mass is 10.2. The molecule has 1 N–H and O–H groups in total. The van der Waals surface area contributed by atoms with Crippen molar-refractivity contribution in [3.05, 3.63) is 71.5 Å². The Morgan fingerprint density at radius 2 is 1.97 bits per heavy atom. The number of anilines is 1. The van der Waals surface area contributed by atoms with Crippen LogP contribution >= 0.6 is 23.4 Å². The summed E-state index contributed by atoms with van der Waals surface area (Å²) >= 11 is 7.49. The van der Waals surface area contributed by atoms with Crippen LogP contribution in [0.2, 0.25) is 5.15 Å². The van der Waals surface area contributed by atoms with Gasteiger partial charge in [-0.05, 0) is 36.4 Å². The number of fused-ring (bicyclic) bond motifs is 1. The van der Waals surface area contributed by atoms with Gasteiger partial charge < -0.3 is 14.8 Å². The van der Waals surface area contributed by atoms with Crippen LogP contribution in [0.3, 0.4) is 0 Å². The summed E-state index contributed by atoms with van der Waals surface area (Å²) in [5.74, 6) is 1.45. The van der Waals surface area contributed by atoms with Crippen LogP contribution < -0.4 is 14.8 Å². The highest BCUT2D eigenvalue weighted by Gasteiger charge is 2.13. The summed E-state index contributed by atoms with van der Waals surface area (Å²) in [4.78, 5) is 21.9. The van der Waals surface area contributed by atoms with Crippen LogP contribution in [-0.4, -0.2) is 36.1 Å². The molecule has 0 radical (unpaired) electrons. The summed E-state index contributed by atoms with van der Waals surface area (Å²) in [6.07, 6.45) is 3.30. The van der Waals surface area contributed by atoms with Gasteiger partial charge in [-0.1, -0.05) is 23.7 Å². The van der Waals surface area contributed by atoms with Gasteiger partial charge in [-0.15, -0.1) is 11.8 Å². The van der Waals surface area contributed by atoms with Gasteiger partial charge in [0.25, 0.3) is 0 Å². The lowest BCUT2D eigenvalue weighted by molar-refractivity contribution is -0.113. The van der Waals surface area contributed by atoms with Crippen LogP contribution in [0.5, 0.6) is 11.5 Å². The molecule has 2 aromatic carbocycles. The number of hydrogen-bond acceptors (Lipinski definition) is 6. The Morgan fingerprint density at radius 1 is 1.13 bits per heavy atom. The zero-order valence-corrected chi connectivity index (χ0v) is 17.4. The number of para-hydroxylation sites is 1. The number of benzene rings is 2. The first-order chi connectivity index (χ1) is 14.7. The van der Waals surface area contributed by atoms with Crippen LogP contribution in [0.25, 0.3) is 0 Å². The van der Waals surface area contributed by atoms with E-state index in [9.17, 15) is 4.79 Å². The Hall–Kier alpha value is -3.03. The average Bonchev–Trinajstić information content (AvgIpc) is 2.77. The Morgan fingerprint density at radius 3 is 2.83 bits per heavy atom. The fourth-order valence-electron chi connectivity index (χ4n) is 2.78. The molecule has 30 heavy (non-hydrogen) atoms. The highest BCUT2D eigenvalue weighted by molar-refractivity contribution is 8.00. The van der Waals surface area contributed by atoms with Crippen molar-refractivity contribution in [1.82, 2.24) is 4.98 Å². The van der Waals surface area contributed by atoms with Crippen molar-refractivity contribution in [1.29, 1.82) is 0 Å². The van der Waals surface area contributed by atoms with Crippen LogP contribution in [0.15, 0.2) is 70.7 Å². The maximum atomic E-state index is 12.4. The van der Waals surface area contributed by atoms with Crippen LogP contribution in [0.1, 0.15) is 5.56 Å². The number of rotatable bonds is 6. The average molecular weight is 440 g/mol. The van der Waals surface area contributed by atoms with Gasteiger partial charge >= 0.3 is 0 Å². The monoisotopic (exact) mass is 439 g/mol. The SMILES string of the molecule is O=C(CSc1ccccc1N=Cc1cccnc1Cl)Nc1ccc2c(c1)OCCO2. The highest BCUT2D eigenvalue weighted by Crippen LogP contribution is 2.33. The summed E-state index contributed by atoms with van der Waals surface area (Å²) < 4.78 is 11.0. The number of nitrogens with zero attached hydrogens (tertiary/aromatic N) is 2. The maximum absolute atomic E-state index is 12.4. The molecule has 6 nitrogen and oxygen atoms in total. The Balaban J connectivity index is 1.39. The summed E-state index contributed by atoms with van der Waals surface area (Å²) in [6, 6.07) is 16.6. The number of aliphatic imine (C=N–C) groups is 1. The van der Waals surface area contributed by atoms with Gasteiger partial charge in [0.05, 0.1) is 11.4 Å². The molecule has 2 heterocycles. The van der Waals surface area contributed by atoms with E-state index >= 15 is 0 Å². The second kappa shape index (κ2) is 9.65. The molecular formula is C22H18ClN3O3S. The number of hydrogen-bond donors (Lipinski definition) is 1. The molecule has 0 saturated heterocycles. The third-order valence-electron chi connectivity index (χ3n) is 4.18. The topological polar surface area (TPSA) is 72.8 Å². The molecule has 0 unspecified atom stereocenters. The Kier molecular flexibility index (Phi) is 6.51. The molecule has 8 heteroatoms. The zero-order chi connectivity index (χ0) is 20.8. The minimum atomic E-state index is -0.120. The van der Waals surface area contributed by atoms with E-state index in [1.165, 1.54) is 11.8 Å². The number of carbonyl (C=O) groups is 1. The van der Waals surface area contributed by atoms with Crippen molar-refractivity contribution >= 4 is 46.9 Å². The van der Waals surface area contributed by atoms with Crippen molar-refractivity contribution in [2.75, 3.05) is 24.3 Å². The molecule has 1 amide bonds. The largest absolute Gasteiger partial charge is 0.486 e. The van der Waals surface area contributed by atoms with E-state index in [2.05, 4.69) is 15.3 Å². The number of aromatic nitrogens is 1. The predicted molar refractivity (Wildman–Crippen MR) is 120 cm³/mol. The molecule has 3 aromatic rings. The Bertz CT molecular complexity index is 1090. The number of carbonyl (C=O) groups excluding carboxylic acids is 1. The standard InChI is InChI=1S/C22H18ClN3O3S/c23-22-15(4-3-9-24-22)13-25-17-5-1-2-6-20(17)30-14-21(27)26-16-7-8-18-19(12-16)29-11-10-28-18/h1-9,12-13H,10-11,14H2,(H,26,27). The van der Waals surface area contributed by atoms with Crippen LogP contribution in [0, 0.1) is 0 Å². The summed E-state index contributed by atoms with van der Waals surface area (Å²) in [5, 5.41) is 3.28. The first-order valence-corrected chi connectivity index (χ1v) is 10.6. The molecule has 0 fully saturated rings. The molecule has 0 atom stereocenters. The minimum Gasteiger partial charge on any atom is -0.486 e. The number of halogens is 1. The number of thioether (sulfide) groups is 1. The molecule has 0 saturated carbocycles. The van der Waals surface area contributed by atoms with Gasteiger partial charge in [-0.3, -0.25) is 9.79 Å². The second-order valence-electron chi connectivity index (χ2n) is 6.30. The van der Waals surface area contributed by atoms with Crippen molar-refractivity contribution in [3.8, 4) is 11.5 Å². The van der Waals surface area contributed by atoms with Crippen LogP contribution in [0.4, 0.5) is 11.4 Å². The second-order valence-corrected chi connectivity index (χ2v) is 7.68. The van der Waals surface area contributed by atoms with Gasteiger partial charge in [0, 0.05) is 34.6 Å². The number of ether oxygens (including phenoxy) is 2. The lowest BCUT2D eigenvalue weighted by Gasteiger charge is -2.19. The molecule has 0 aliphatic carbocycles. The summed E-state index contributed by atoms with van der Waals surface area (Å²) in [6.45, 7) is 1.03. The minimum absolute atomic E-state index is 0.120. The summed E-state index contributed by atoms with van der Waals surface area (Å²) in [7, 11) is 0. The van der Waals surface area contributed by atoms with Gasteiger partial charge in [-0.25, -0.2) is 4.98 Å². The van der Waals surface area contributed by atoms with Crippen molar-refractivity contribution in [2.45, 2.75) is 4.90 Å². The van der Waals surface area contributed by atoms with Crippen molar-refractivity contribution < 1.29 is 14.3 Å². The van der Waals surface area contributed by atoms with E-state index in [1.54, 1.807) is 36.7 Å². The maximum Gasteiger partial charge on any atom is 0.234 e. The first-order valence-electron chi connectivity index (χ1n) is 9.25. The number of amides is 1. The number of pyridine rings is 1. The highest BCUT2D eigenvalue weighted by atomic mass is 35.5. The molecule has 152 valence electrons. The smallest absolute Gasteiger partial charge is 0.234 e. The van der Waals surface area contributed by atoms with Crippen LogP contribution in [-0.2, 0) is 4.79 Å². The third-order valence-corrected chi connectivity index (χ3v) is 5.56. The molecule has 0 spiro atoms. The van der Waals surface area contributed by atoms with Gasteiger partial charge in [0.2, 0.25) is 5.91 Å². The normalized spacial score (nSPS) is 12.7. The quantitative estimate of drug-likeness (QED) is 0.333. The fourth-order valence-corrected chi connectivity index (χ4v) is 3.75. The third kappa shape index (κ3) is 5.11. The van der Waals surface area contributed by atoms with E-state index in [1.807, 2.05) is 30.3 Å². The molecular weight excluding hydrogens is 422 g/mol. The van der Waals surface area contributed by atoms with E-state index in [4.69, 9.17) is 21.1 Å². The lowest BCUT2D eigenvalue weighted by Crippen LogP contribution is -2.17. The molecule has 0 bridgehead atoms. The Labute approximate surface area is 183 Å². The first kappa shape index (κ1) is 20.3. The van der Waals surface area contributed by atoms with E-state index in [-0.39, 0.29) is 11.7 Å². The van der Waals surface area contributed by atoms with E-state index in [0.29, 0.717) is 35.6 Å². The number of nitrogens with one attached hydrogen (secondary N) is 1. The van der Waals surface area contributed by atoms with E-state index < -0.39 is 0 Å². The summed E-state index contributed by atoms with van der Waals surface area (Å²) in [5.41, 5.74) is 2.16. The fraction of sp³-hybridized carbons (Fsp3) is 0.136. The van der Waals surface area contributed by atoms with Gasteiger partial charge in [-0.2, -0.15) is 0 Å². The van der Waals surface area contributed by atoms with E-state index in [0.717, 1.165) is 16.1 Å². The molecule has 1 aromatic heterocycles.